The van der Waals surface area contributed by atoms with Crippen LogP contribution in [0.5, 0.6) is 0 Å². The van der Waals surface area contributed by atoms with E-state index in [1.165, 1.54) is 84.2 Å². The molecule has 116 valence electrons. The minimum atomic E-state index is 0.766. The number of nitrogens with zero attached hydrogens (tertiary/aromatic N) is 2. The van der Waals surface area contributed by atoms with Gasteiger partial charge in [0.25, 0.3) is 0 Å². The molecule has 2 atom stereocenters. The van der Waals surface area contributed by atoms with Gasteiger partial charge in [-0.1, -0.05) is 19.3 Å². The Kier molecular flexibility index (Phi) is 5.36. The third-order valence-corrected chi connectivity index (χ3v) is 5.70. The van der Waals surface area contributed by atoms with E-state index in [1.54, 1.807) is 0 Å². The lowest BCUT2D eigenvalue weighted by molar-refractivity contribution is 0.105. The summed E-state index contributed by atoms with van der Waals surface area (Å²) in [5, 5.41) is 3.59. The Labute approximate surface area is 125 Å². The molecule has 3 heteroatoms. The topological polar surface area (TPSA) is 18.5 Å². The van der Waals surface area contributed by atoms with Gasteiger partial charge in [0.05, 0.1) is 0 Å². The SMILES string of the molecule is CNC1CCCCCC1CN1CCN(CC2CC2)CC1. The van der Waals surface area contributed by atoms with E-state index in [0.717, 1.165) is 17.9 Å². The minimum Gasteiger partial charge on any atom is -0.317 e. The third kappa shape index (κ3) is 4.19. The maximum Gasteiger partial charge on any atom is 0.0110 e. The largest absolute Gasteiger partial charge is 0.317 e. The van der Waals surface area contributed by atoms with Crippen LogP contribution in [0.25, 0.3) is 0 Å². The van der Waals surface area contributed by atoms with Crippen molar-refractivity contribution in [3.05, 3.63) is 0 Å². The van der Waals surface area contributed by atoms with Crippen LogP contribution in [0.15, 0.2) is 0 Å². The van der Waals surface area contributed by atoms with E-state index < -0.39 is 0 Å². The molecule has 2 unspecified atom stereocenters. The molecule has 0 amide bonds. The zero-order valence-electron chi connectivity index (χ0n) is 13.3. The number of piperazine rings is 1. The van der Waals surface area contributed by atoms with Gasteiger partial charge in [0.2, 0.25) is 0 Å². The van der Waals surface area contributed by atoms with E-state index in [1.807, 2.05) is 0 Å². The van der Waals surface area contributed by atoms with E-state index >= 15 is 0 Å². The quantitative estimate of drug-likeness (QED) is 0.778. The second-order valence-corrected chi connectivity index (χ2v) is 7.34. The van der Waals surface area contributed by atoms with Gasteiger partial charge in [0.1, 0.15) is 0 Å². The van der Waals surface area contributed by atoms with Gasteiger partial charge in [-0.05, 0) is 44.6 Å². The molecule has 0 radical (unpaired) electrons. The Morgan fingerprint density at radius 3 is 2.10 bits per heavy atom. The number of rotatable bonds is 5. The second-order valence-electron chi connectivity index (χ2n) is 7.34. The first-order chi connectivity index (χ1) is 9.85. The van der Waals surface area contributed by atoms with Crippen molar-refractivity contribution in [2.24, 2.45) is 11.8 Å². The fourth-order valence-electron chi connectivity index (χ4n) is 4.13. The van der Waals surface area contributed by atoms with Crippen LogP contribution in [0, 0.1) is 11.8 Å². The third-order valence-electron chi connectivity index (χ3n) is 5.70. The molecule has 3 nitrogen and oxygen atoms in total. The van der Waals surface area contributed by atoms with Crippen LogP contribution in [0.1, 0.15) is 44.9 Å². The van der Waals surface area contributed by atoms with Gasteiger partial charge in [0.15, 0.2) is 0 Å². The lowest BCUT2D eigenvalue weighted by Crippen LogP contribution is -2.50. The molecule has 0 spiro atoms. The number of nitrogens with one attached hydrogen (secondary N) is 1. The molecule has 2 aliphatic carbocycles. The average Bonchev–Trinajstić information content (AvgIpc) is 3.28. The van der Waals surface area contributed by atoms with Crippen molar-refractivity contribution in [2.45, 2.75) is 51.0 Å². The molecule has 0 aromatic carbocycles. The molecule has 3 rings (SSSR count). The van der Waals surface area contributed by atoms with Crippen molar-refractivity contribution in [1.29, 1.82) is 0 Å². The van der Waals surface area contributed by atoms with Crippen molar-refractivity contribution >= 4 is 0 Å². The molecule has 1 heterocycles. The Hall–Kier alpha value is -0.120. The van der Waals surface area contributed by atoms with Crippen LogP contribution in [0.4, 0.5) is 0 Å². The van der Waals surface area contributed by atoms with Crippen molar-refractivity contribution in [3.8, 4) is 0 Å². The Morgan fingerprint density at radius 1 is 0.800 bits per heavy atom. The summed E-state index contributed by atoms with van der Waals surface area (Å²) < 4.78 is 0. The highest BCUT2D eigenvalue weighted by molar-refractivity contribution is 4.84. The molecule has 20 heavy (non-hydrogen) atoms. The molecular weight excluding hydrogens is 246 g/mol. The summed E-state index contributed by atoms with van der Waals surface area (Å²) in [4.78, 5) is 5.44. The maximum absolute atomic E-state index is 3.59. The van der Waals surface area contributed by atoms with Gasteiger partial charge < -0.3 is 15.1 Å². The zero-order valence-corrected chi connectivity index (χ0v) is 13.3. The fraction of sp³-hybridized carbons (Fsp3) is 1.00. The molecule has 0 bridgehead atoms. The monoisotopic (exact) mass is 279 g/mol. The van der Waals surface area contributed by atoms with E-state index in [0.29, 0.717) is 0 Å². The van der Waals surface area contributed by atoms with Crippen LogP contribution < -0.4 is 5.32 Å². The molecule has 1 N–H and O–H groups in total. The standard InChI is InChI=1S/C17H33N3/c1-18-17-6-4-2-3-5-16(17)14-20-11-9-19(10-12-20)13-15-7-8-15/h15-18H,2-14H2,1H3. The summed E-state index contributed by atoms with van der Waals surface area (Å²) >= 11 is 0. The van der Waals surface area contributed by atoms with Gasteiger partial charge in [-0.25, -0.2) is 0 Å². The first-order valence-electron chi connectivity index (χ1n) is 8.97. The van der Waals surface area contributed by atoms with Gasteiger partial charge in [-0.15, -0.1) is 0 Å². The van der Waals surface area contributed by atoms with E-state index in [-0.39, 0.29) is 0 Å². The van der Waals surface area contributed by atoms with E-state index in [2.05, 4.69) is 22.2 Å². The van der Waals surface area contributed by atoms with Gasteiger partial charge in [-0.2, -0.15) is 0 Å². The van der Waals surface area contributed by atoms with Gasteiger partial charge in [-0.3, -0.25) is 0 Å². The summed E-state index contributed by atoms with van der Waals surface area (Å²) in [5.41, 5.74) is 0. The summed E-state index contributed by atoms with van der Waals surface area (Å²) in [7, 11) is 2.16. The second kappa shape index (κ2) is 7.24. The van der Waals surface area contributed by atoms with Crippen LogP contribution in [0.2, 0.25) is 0 Å². The Bertz CT molecular complexity index is 282. The van der Waals surface area contributed by atoms with Crippen molar-refractivity contribution in [2.75, 3.05) is 46.3 Å². The van der Waals surface area contributed by atoms with Crippen molar-refractivity contribution < 1.29 is 0 Å². The highest BCUT2D eigenvalue weighted by Crippen LogP contribution is 2.30. The highest BCUT2D eigenvalue weighted by Gasteiger charge is 2.28. The number of hydrogen-bond donors (Lipinski definition) is 1. The maximum atomic E-state index is 3.59. The number of hydrogen-bond acceptors (Lipinski definition) is 3. The minimum absolute atomic E-state index is 0.766. The predicted octanol–water partition coefficient (Wildman–Crippen LogP) is 2.18. The average molecular weight is 279 g/mol. The van der Waals surface area contributed by atoms with Crippen LogP contribution in [-0.4, -0.2) is 62.2 Å². The van der Waals surface area contributed by atoms with Crippen molar-refractivity contribution in [3.63, 3.8) is 0 Å². The molecule has 1 aliphatic heterocycles. The molecule has 3 fully saturated rings. The summed E-state index contributed by atoms with van der Waals surface area (Å²) in [5.74, 6) is 1.94. The molecule has 0 aromatic heterocycles. The lowest BCUT2D eigenvalue weighted by atomic mass is 9.94. The van der Waals surface area contributed by atoms with E-state index in [9.17, 15) is 0 Å². The zero-order chi connectivity index (χ0) is 13.8. The van der Waals surface area contributed by atoms with Crippen LogP contribution in [-0.2, 0) is 0 Å². The van der Waals surface area contributed by atoms with Gasteiger partial charge >= 0.3 is 0 Å². The smallest absolute Gasteiger partial charge is 0.0110 e. The molecule has 1 saturated heterocycles. The summed E-state index contributed by atoms with van der Waals surface area (Å²) in [6.45, 7) is 7.96. The van der Waals surface area contributed by atoms with E-state index in [4.69, 9.17) is 0 Å². The van der Waals surface area contributed by atoms with Crippen LogP contribution in [0.3, 0.4) is 0 Å². The Morgan fingerprint density at radius 2 is 1.45 bits per heavy atom. The predicted molar refractivity (Wildman–Crippen MR) is 85.0 cm³/mol. The molecular formula is C17H33N3. The summed E-state index contributed by atoms with van der Waals surface area (Å²) in [6, 6.07) is 0.766. The molecule has 2 saturated carbocycles. The van der Waals surface area contributed by atoms with Crippen molar-refractivity contribution in [1.82, 2.24) is 15.1 Å². The fourth-order valence-corrected chi connectivity index (χ4v) is 4.13. The summed E-state index contributed by atoms with van der Waals surface area (Å²) in [6.07, 6.45) is 10.1. The van der Waals surface area contributed by atoms with Gasteiger partial charge in [0, 0.05) is 45.3 Å². The first kappa shape index (κ1) is 14.8. The molecule has 3 aliphatic rings. The lowest BCUT2D eigenvalue weighted by Gasteiger charge is -2.38. The highest BCUT2D eigenvalue weighted by atomic mass is 15.3. The first-order valence-corrected chi connectivity index (χ1v) is 8.97. The van der Waals surface area contributed by atoms with Crippen LogP contribution >= 0.6 is 0 Å². The molecule has 0 aromatic rings. The Balaban J connectivity index is 1.42. The normalized spacial score (nSPS) is 34.0.